The first-order valence-corrected chi connectivity index (χ1v) is 11.3. The van der Waals surface area contributed by atoms with Crippen LogP contribution in [-0.4, -0.2) is 103 Å². The zero-order valence-electron chi connectivity index (χ0n) is 23.9. The van der Waals surface area contributed by atoms with Crippen LogP contribution < -0.4 is 24.6 Å². The Morgan fingerprint density at radius 3 is 0.780 bits per heavy atom. The van der Waals surface area contributed by atoms with Gasteiger partial charge in [0.1, 0.15) is 26.4 Å². The minimum Gasteiger partial charge on any atom is -0.460 e. The molecule has 0 saturated carbocycles. The van der Waals surface area contributed by atoms with E-state index in [0.717, 1.165) is 24.3 Å². The third-order valence-electron chi connectivity index (χ3n) is 4.19. The van der Waals surface area contributed by atoms with E-state index in [0.29, 0.717) is 0 Å². The molecule has 0 saturated heterocycles. The third kappa shape index (κ3) is 26.5. The van der Waals surface area contributed by atoms with Crippen LogP contribution in [0.15, 0.2) is 50.6 Å². The molecule has 16 nitrogen and oxygen atoms in total. The van der Waals surface area contributed by atoms with Gasteiger partial charge in [-0.15, -0.1) is 0 Å². The summed E-state index contributed by atoms with van der Waals surface area (Å²) in [6, 6.07) is 0. The van der Waals surface area contributed by atoms with E-state index < -0.39 is 29.3 Å². The number of esters is 4. The van der Waals surface area contributed by atoms with E-state index in [4.69, 9.17) is 37.9 Å². The number of carbonyl (C=O) groups excluding carboxylic acids is 4. The predicted octanol–water partition coefficient (Wildman–Crippen LogP) is 1.60. The second-order valence-corrected chi connectivity index (χ2v) is 7.20. The van der Waals surface area contributed by atoms with Gasteiger partial charge in [-0.25, -0.2) is 19.2 Å². The molecule has 240 valence electrons. The van der Waals surface area contributed by atoms with E-state index in [-0.39, 0.29) is 104 Å². The lowest BCUT2D eigenvalue weighted by molar-refractivity contribution is -0.146. The highest BCUT2D eigenvalue weighted by Gasteiger charge is 2.33. The molecule has 0 fully saturated rings. The summed E-state index contributed by atoms with van der Waals surface area (Å²) in [6.45, 7) is 13.8. The van der Waals surface area contributed by atoms with Crippen molar-refractivity contribution in [1.82, 2.24) is 24.6 Å². The van der Waals surface area contributed by atoms with E-state index >= 15 is 0 Å². The first-order valence-electron chi connectivity index (χ1n) is 11.3. The lowest BCUT2D eigenvalue weighted by Crippen LogP contribution is -2.43. The van der Waals surface area contributed by atoms with Gasteiger partial charge in [-0.05, 0) is 0 Å². The van der Waals surface area contributed by atoms with Gasteiger partial charge >= 0.3 is 23.9 Å². The van der Waals surface area contributed by atoms with Crippen molar-refractivity contribution in [2.75, 3.05) is 79.3 Å². The number of hydrogen-bond donors (Lipinski definition) is 4. The van der Waals surface area contributed by atoms with Crippen LogP contribution in [0.5, 0.6) is 0 Å². The number of hydrogen-bond acceptors (Lipinski definition) is 16. The minimum absolute atomic E-state index is 0. The molecule has 16 heteroatoms. The summed E-state index contributed by atoms with van der Waals surface area (Å²) < 4.78 is 42.3. The molecule has 0 atom stereocenters. The van der Waals surface area contributed by atoms with Crippen LogP contribution in [0.1, 0.15) is 0 Å². The summed E-state index contributed by atoms with van der Waals surface area (Å²) in [5, 5.41) is 0. The lowest BCUT2D eigenvalue weighted by Gasteiger charge is -2.33. The molecule has 0 amide bonds. The van der Waals surface area contributed by atoms with E-state index in [1.807, 2.05) is 0 Å². The van der Waals surface area contributed by atoms with Crippen LogP contribution in [0.25, 0.3) is 0 Å². The van der Waals surface area contributed by atoms with Crippen LogP contribution in [0.3, 0.4) is 0 Å². The van der Waals surface area contributed by atoms with Gasteiger partial charge in [0.05, 0.1) is 58.3 Å². The first kappa shape index (κ1) is 47.3. The summed E-state index contributed by atoms with van der Waals surface area (Å²) in [7, 11) is 0. The number of ether oxygens (including phenoxy) is 8. The quantitative estimate of drug-likeness (QED) is 0.0532. The van der Waals surface area contributed by atoms with Gasteiger partial charge < -0.3 is 62.5 Å². The van der Waals surface area contributed by atoms with Gasteiger partial charge in [0.15, 0.2) is 0 Å². The Bertz CT molecular complexity index is 639. The maximum atomic E-state index is 11.2. The van der Waals surface area contributed by atoms with Crippen LogP contribution >= 0.6 is 0 Å². The van der Waals surface area contributed by atoms with Gasteiger partial charge in [-0.3, -0.25) is 0 Å². The molecule has 0 aromatic rings. The fourth-order valence-corrected chi connectivity index (χ4v) is 2.45. The molecule has 12 N–H and O–H groups in total. The summed E-state index contributed by atoms with van der Waals surface area (Å²) in [5.74, 6) is -2.33. The van der Waals surface area contributed by atoms with Gasteiger partial charge in [0.25, 0.3) is 0 Å². The molecule has 0 radical (unpaired) electrons. The largest absolute Gasteiger partial charge is 0.460 e. The smallest absolute Gasteiger partial charge is 0.330 e. The average Bonchev–Trinajstić information content (AvgIpc) is 2.91. The van der Waals surface area contributed by atoms with Gasteiger partial charge in [-0.1, -0.05) is 26.3 Å². The molecule has 0 aromatic heterocycles. The molecule has 0 rings (SSSR count). The fraction of sp³-hybridized carbons (Fsp3) is 0.520. The molecule has 0 heterocycles. The summed E-state index contributed by atoms with van der Waals surface area (Å²) >= 11 is 0. The third-order valence-corrected chi connectivity index (χ3v) is 4.19. The highest BCUT2D eigenvalue weighted by molar-refractivity contribution is 5.82. The SMILES string of the molecule is C=CC(=O)OCCOCC(COCCOC(=O)C=C)(COCCOC(=O)C=C)COCCOC(=O)C=C.N.N.N.N. The minimum atomic E-state index is -0.879. The lowest BCUT2D eigenvalue weighted by atomic mass is 9.92. The molecular formula is C25H48N4O12. The molecule has 0 unspecified atom stereocenters. The Morgan fingerprint density at radius 1 is 0.415 bits per heavy atom. The molecule has 41 heavy (non-hydrogen) atoms. The van der Waals surface area contributed by atoms with Crippen molar-refractivity contribution in [3.8, 4) is 0 Å². The summed E-state index contributed by atoms with van der Waals surface area (Å²) in [6.07, 6.45) is 4.16. The Morgan fingerprint density at radius 2 is 0.610 bits per heavy atom. The molecule has 0 aromatic carbocycles. The number of rotatable bonds is 24. The van der Waals surface area contributed by atoms with Crippen molar-refractivity contribution in [3.63, 3.8) is 0 Å². The first-order chi connectivity index (χ1) is 17.8. The fourth-order valence-electron chi connectivity index (χ4n) is 2.45. The normalized spacial score (nSPS) is 9.56. The van der Waals surface area contributed by atoms with Crippen molar-refractivity contribution < 1.29 is 57.1 Å². The Labute approximate surface area is 241 Å². The molecule has 0 aliphatic rings. The topological polar surface area (TPSA) is 282 Å². The van der Waals surface area contributed by atoms with Crippen LogP contribution in [0, 0.1) is 5.41 Å². The van der Waals surface area contributed by atoms with Crippen molar-refractivity contribution >= 4 is 23.9 Å². The van der Waals surface area contributed by atoms with E-state index in [1.54, 1.807) is 0 Å². The average molecular weight is 597 g/mol. The second kappa shape index (κ2) is 31.1. The zero-order valence-corrected chi connectivity index (χ0v) is 23.9. The Hall–Kier alpha value is -3.48. The van der Waals surface area contributed by atoms with Crippen LogP contribution in [0.2, 0.25) is 0 Å². The maximum absolute atomic E-state index is 11.2. The van der Waals surface area contributed by atoms with Crippen LogP contribution in [0.4, 0.5) is 0 Å². The van der Waals surface area contributed by atoms with Gasteiger partial charge in [-0.2, -0.15) is 0 Å². The highest BCUT2D eigenvalue weighted by Crippen LogP contribution is 2.21. The molecular weight excluding hydrogens is 548 g/mol. The Kier molecular flexibility index (Phi) is 35.8. The monoisotopic (exact) mass is 596 g/mol. The van der Waals surface area contributed by atoms with E-state index in [1.165, 1.54) is 0 Å². The molecule has 0 aliphatic heterocycles. The van der Waals surface area contributed by atoms with Crippen molar-refractivity contribution in [1.29, 1.82) is 0 Å². The molecule has 0 spiro atoms. The maximum Gasteiger partial charge on any atom is 0.330 e. The predicted molar refractivity (Wildman–Crippen MR) is 150 cm³/mol. The highest BCUT2D eigenvalue weighted by atomic mass is 16.6. The van der Waals surface area contributed by atoms with Crippen molar-refractivity contribution in [2.24, 2.45) is 5.41 Å². The summed E-state index contributed by atoms with van der Waals surface area (Å²) in [4.78, 5) is 44.8. The van der Waals surface area contributed by atoms with Gasteiger partial charge in [0, 0.05) is 24.3 Å². The van der Waals surface area contributed by atoms with Crippen LogP contribution in [-0.2, 0) is 57.1 Å². The van der Waals surface area contributed by atoms with E-state index in [9.17, 15) is 19.2 Å². The Balaban J connectivity index is -0.00000108. The van der Waals surface area contributed by atoms with E-state index in [2.05, 4.69) is 26.3 Å². The summed E-state index contributed by atoms with van der Waals surface area (Å²) in [5.41, 5.74) is -0.879. The molecule has 0 bridgehead atoms. The van der Waals surface area contributed by atoms with Crippen molar-refractivity contribution in [3.05, 3.63) is 50.6 Å². The second-order valence-electron chi connectivity index (χ2n) is 7.20. The zero-order chi connectivity index (χ0) is 27.8. The number of carbonyl (C=O) groups is 4. The van der Waals surface area contributed by atoms with Crippen molar-refractivity contribution in [2.45, 2.75) is 0 Å². The molecule has 0 aliphatic carbocycles. The van der Waals surface area contributed by atoms with Gasteiger partial charge in [0.2, 0.25) is 0 Å². The standard InChI is InChI=1S/C25H36O12.4H3N/c1-5-21(26)34-13-9-30-17-25(18-31-10-14-35-22(27)6-2,19-32-11-15-36-23(28)7-3)20-33-12-16-37-24(29)8-4;;;;/h5-8H,1-4,9-20H2;4*1H3.